The summed E-state index contributed by atoms with van der Waals surface area (Å²) in [6.07, 6.45) is 7.96. The molecule has 2 bridgehead atoms. The van der Waals surface area contributed by atoms with Gasteiger partial charge in [0.1, 0.15) is 0 Å². The van der Waals surface area contributed by atoms with Crippen LogP contribution < -0.4 is 0 Å². The van der Waals surface area contributed by atoms with Gasteiger partial charge < -0.3 is 9.84 Å². The van der Waals surface area contributed by atoms with E-state index in [-0.39, 0.29) is 23.5 Å². The maximum Gasteiger partial charge on any atom is 0.331 e. The van der Waals surface area contributed by atoms with Crippen molar-refractivity contribution in [1.82, 2.24) is 0 Å². The highest BCUT2D eigenvalue weighted by Gasteiger charge is 2.57. The van der Waals surface area contributed by atoms with E-state index in [0.29, 0.717) is 5.57 Å². The van der Waals surface area contributed by atoms with E-state index < -0.39 is 5.97 Å². The molecule has 1 heterocycles. The van der Waals surface area contributed by atoms with E-state index >= 15 is 0 Å². The number of allylic oxidation sites excluding steroid dienone is 2. The van der Waals surface area contributed by atoms with E-state index in [0.717, 1.165) is 32.1 Å². The van der Waals surface area contributed by atoms with Crippen LogP contribution in [0.25, 0.3) is 0 Å². The summed E-state index contributed by atoms with van der Waals surface area (Å²) in [5.41, 5.74) is 2.03. The molecule has 1 aliphatic heterocycles. The molecule has 3 nitrogen and oxygen atoms in total. The number of rotatable bonds is 2. The van der Waals surface area contributed by atoms with Gasteiger partial charge in [-0.1, -0.05) is 25.2 Å². The Morgan fingerprint density at radius 2 is 2.39 bits per heavy atom. The molecule has 3 aliphatic rings. The van der Waals surface area contributed by atoms with Crippen molar-refractivity contribution in [1.29, 1.82) is 0 Å². The first-order valence-corrected chi connectivity index (χ1v) is 6.77. The van der Waals surface area contributed by atoms with Crippen LogP contribution in [-0.2, 0) is 9.53 Å². The van der Waals surface area contributed by atoms with Crippen LogP contribution in [0, 0.1) is 11.3 Å². The van der Waals surface area contributed by atoms with Gasteiger partial charge in [0, 0.05) is 16.9 Å². The molecule has 3 rings (SSSR count). The molecular weight excluding hydrogens is 228 g/mol. The van der Waals surface area contributed by atoms with Crippen LogP contribution in [0.15, 0.2) is 23.8 Å². The van der Waals surface area contributed by atoms with Crippen molar-refractivity contribution in [3.8, 4) is 0 Å². The van der Waals surface area contributed by atoms with E-state index in [4.69, 9.17) is 9.84 Å². The lowest BCUT2D eigenvalue weighted by Crippen LogP contribution is -2.32. The number of carboxylic acid groups (broad SMARTS) is 1. The second kappa shape index (κ2) is 3.95. The van der Waals surface area contributed by atoms with Gasteiger partial charge >= 0.3 is 5.97 Å². The zero-order valence-corrected chi connectivity index (χ0v) is 10.8. The fourth-order valence-electron chi connectivity index (χ4n) is 3.75. The van der Waals surface area contributed by atoms with Gasteiger partial charge in [-0.2, -0.15) is 0 Å². The van der Waals surface area contributed by atoms with Crippen LogP contribution >= 0.6 is 0 Å². The van der Waals surface area contributed by atoms with Gasteiger partial charge in [0.05, 0.1) is 12.2 Å². The van der Waals surface area contributed by atoms with Gasteiger partial charge in [0.15, 0.2) is 0 Å². The highest BCUT2D eigenvalue weighted by molar-refractivity contribution is 5.86. The van der Waals surface area contributed by atoms with E-state index in [1.54, 1.807) is 0 Å². The summed E-state index contributed by atoms with van der Waals surface area (Å²) in [7, 11) is 0. The Morgan fingerprint density at radius 1 is 1.61 bits per heavy atom. The quantitative estimate of drug-likeness (QED) is 0.464. The topological polar surface area (TPSA) is 49.8 Å². The molecule has 0 amide bonds. The van der Waals surface area contributed by atoms with E-state index in [1.165, 1.54) is 5.57 Å². The van der Waals surface area contributed by atoms with Crippen LogP contribution in [0.2, 0.25) is 0 Å². The zero-order valence-electron chi connectivity index (χ0n) is 10.8. The molecule has 1 N–H and O–H groups in total. The van der Waals surface area contributed by atoms with Gasteiger partial charge in [-0.25, -0.2) is 4.79 Å². The lowest BCUT2D eigenvalue weighted by molar-refractivity contribution is -0.133. The third kappa shape index (κ3) is 1.81. The Morgan fingerprint density at radius 3 is 3.11 bits per heavy atom. The molecule has 0 spiro atoms. The lowest BCUT2D eigenvalue weighted by atomic mass is 9.67. The van der Waals surface area contributed by atoms with Gasteiger partial charge in [-0.05, 0) is 32.1 Å². The molecule has 18 heavy (non-hydrogen) atoms. The molecule has 0 aromatic heterocycles. The average molecular weight is 248 g/mol. The number of hydrogen-bond donors (Lipinski definition) is 1. The van der Waals surface area contributed by atoms with Crippen LogP contribution in [0.5, 0.6) is 0 Å². The zero-order chi connectivity index (χ0) is 12.9. The number of hydrogen-bond acceptors (Lipinski definition) is 2. The summed E-state index contributed by atoms with van der Waals surface area (Å²) in [4.78, 5) is 11.1. The van der Waals surface area contributed by atoms with E-state index in [2.05, 4.69) is 19.6 Å². The third-order valence-corrected chi connectivity index (χ3v) is 4.89. The predicted octanol–water partition coefficient (Wildman–Crippen LogP) is 2.92. The van der Waals surface area contributed by atoms with Crippen molar-refractivity contribution < 1.29 is 14.6 Å². The minimum Gasteiger partial charge on any atom is -0.478 e. The molecule has 1 saturated heterocycles. The molecule has 2 aliphatic carbocycles. The van der Waals surface area contributed by atoms with Gasteiger partial charge in [-0.3, -0.25) is 0 Å². The second-order valence-electron chi connectivity index (χ2n) is 6.23. The van der Waals surface area contributed by atoms with Crippen LogP contribution in [-0.4, -0.2) is 23.3 Å². The molecule has 0 unspecified atom stereocenters. The Labute approximate surface area is 108 Å². The number of aliphatic carboxylic acids is 1. The summed E-state index contributed by atoms with van der Waals surface area (Å²) in [6, 6.07) is 0. The first-order valence-electron chi connectivity index (χ1n) is 6.77. The molecule has 2 fully saturated rings. The number of carboxylic acids is 1. The fraction of sp³-hybridized carbons (Fsp3) is 0.667. The summed E-state index contributed by atoms with van der Waals surface area (Å²) in [6.45, 7) is 6.03. The molecule has 3 heteroatoms. The molecule has 0 radical (unpaired) electrons. The Balaban J connectivity index is 1.86. The lowest BCUT2D eigenvalue weighted by Gasteiger charge is -2.35. The minimum atomic E-state index is -0.876. The highest BCUT2D eigenvalue weighted by Crippen LogP contribution is 2.54. The average Bonchev–Trinajstić information content (AvgIpc) is 3.08. The largest absolute Gasteiger partial charge is 0.478 e. The summed E-state index contributed by atoms with van der Waals surface area (Å²) >= 11 is 0. The highest BCUT2D eigenvalue weighted by atomic mass is 16.6. The summed E-state index contributed by atoms with van der Waals surface area (Å²) in [5.74, 6) is -0.882. The molecule has 98 valence electrons. The first kappa shape index (κ1) is 12.0. The van der Waals surface area contributed by atoms with Crippen molar-refractivity contribution in [2.24, 2.45) is 11.3 Å². The smallest absolute Gasteiger partial charge is 0.331 e. The monoisotopic (exact) mass is 248 g/mol. The molecular formula is C15H20O3. The Kier molecular flexibility index (Phi) is 2.63. The molecule has 0 aromatic rings. The van der Waals surface area contributed by atoms with Crippen molar-refractivity contribution in [3.05, 3.63) is 23.8 Å². The second-order valence-corrected chi connectivity index (χ2v) is 6.23. The normalized spacial score (nSPS) is 42.1. The van der Waals surface area contributed by atoms with Gasteiger partial charge in [0.2, 0.25) is 0 Å². The maximum atomic E-state index is 11.1. The standard InChI is InChI=1S/C15H20O3/c1-9(14(16)17)11-6-5-10-4-3-7-15(2,8-10)13-12(11)18-13/h4,11-13H,1,3,5-8H2,2H3,(H,16,17)/t11-,12+,13+,15+/m0/s1. The van der Waals surface area contributed by atoms with E-state index in [1.807, 2.05) is 0 Å². The molecule has 1 saturated carbocycles. The summed E-state index contributed by atoms with van der Waals surface area (Å²) in [5, 5.41) is 9.13. The Hall–Kier alpha value is -1.09. The molecule has 4 atom stereocenters. The van der Waals surface area contributed by atoms with Crippen molar-refractivity contribution in [3.63, 3.8) is 0 Å². The van der Waals surface area contributed by atoms with Crippen LogP contribution in [0.4, 0.5) is 0 Å². The predicted molar refractivity (Wildman–Crippen MR) is 68.2 cm³/mol. The first-order chi connectivity index (χ1) is 8.51. The molecule has 0 aromatic carbocycles. The van der Waals surface area contributed by atoms with E-state index in [9.17, 15) is 4.79 Å². The van der Waals surface area contributed by atoms with Crippen LogP contribution in [0.3, 0.4) is 0 Å². The minimum absolute atomic E-state index is 0.00590. The van der Waals surface area contributed by atoms with Crippen molar-refractivity contribution >= 4 is 5.97 Å². The van der Waals surface area contributed by atoms with Crippen LogP contribution in [0.1, 0.15) is 39.0 Å². The summed E-state index contributed by atoms with van der Waals surface area (Å²) < 4.78 is 5.86. The third-order valence-electron chi connectivity index (χ3n) is 4.89. The Bertz CT molecular complexity index is 437. The number of ether oxygens (including phenoxy) is 1. The number of fused-ring (bicyclic) bond motifs is 4. The van der Waals surface area contributed by atoms with Crippen molar-refractivity contribution in [2.75, 3.05) is 0 Å². The number of epoxide rings is 1. The van der Waals surface area contributed by atoms with Gasteiger partial charge in [-0.15, -0.1) is 0 Å². The maximum absolute atomic E-state index is 11.1. The fourth-order valence-corrected chi connectivity index (χ4v) is 3.75. The van der Waals surface area contributed by atoms with Crippen molar-refractivity contribution in [2.45, 2.75) is 51.2 Å². The number of carbonyl (C=O) groups is 1. The SMILES string of the molecule is C=C(C(=O)O)[C@@H]1CCC2=CCC[C@](C)(C2)[C@@H]2O[C@@H]21. The van der Waals surface area contributed by atoms with Gasteiger partial charge in [0.25, 0.3) is 0 Å².